The van der Waals surface area contributed by atoms with Crippen LogP contribution < -0.4 is 0 Å². The second-order valence-electron chi connectivity index (χ2n) is 10.7. The van der Waals surface area contributed by atoms with Gasteiger partial charge in [-0.05, 0) is 112 Å². The molecule has 0 radical (unpaired) electrons. The first-order valence-electron chi connectivity index (χ1n) is 15.6. The van der Waals surface area contributed by atoms with Crippen LogP contribution in [0, 0.1) is 6.92 Å². The lowest BCUT2D eigenvalue weighted by atomic mass is 9.96. The molecule has 0 aliphatic carbocycles. The minimum atomic E-state index is 1.10. The molecule has 0 aromatic heterocycles. The van der Waals surface area contributed by atoms with Gasteiger partial charge in [-0.2, -0.15) is 0 Å². The van der Waals surface area contributed by atoms with E-state index >= 15 is 0 Å². The Kier molecular flexibility index (Phi) is 21.0. The van der Waals surface area contributed by atoms with Gasteiger partial charge in [0.1, 0.15) is 0 Å². The van der Waals surface area contributed by atoms with Crippen molar-refractivity contribution in [3.63, 3.8) is 0 Å². The fourth-order valence-electron chi connectivity index (χ4n) is 3.98. The molecule has 3 aromatic rings. The first-order valence-corrected chi connectivity index (χ1v) is 15.6. The number of hydrogen-bond acceptors (Lipinski definition) is 0. The van der Waals surface area contributed by atoms with Crippen LogP contribution in [0.3, 0.4) is 0 Å². The van der Waals surface area contributed by atoms with E-state index < -0.39 is 0 Å². The van der Waals surface area contributed by atoms with Gasteiger partial charge in [0.15, 0.2) is 0 Å². The van der Waals surface area contributed by atoms with Crippen molar-refractivity contribution in [3.05, 3.63) is 160 Å². The van der Waals surface area contributed by atoms with Gasteiger partial charge in [0, 0.05) is 0 Å². The molecular formula is C42H58. The quantitative estimate of drug-likeness (QED) is 0.180. The Labute approximate surface area is 260 Å². The van der Waals surface area contributed by atoms with Crippen LogP contribution >= 0.6 is 0 Å². The molecule has 0 unspecified atom stereocenters. The van der Waals surface area contributed by atoms with Crippen LogP contribution in [0.2, 0.25) is 0 Å². The van der Waals surface area contributed by atoms with Crippen molar-refractivity contribution in [1.29, 1.82) is 0 Å². The van der Waals surface area contributed by atoms with Gasteiger partial charge in [-0.1, -0.05) is 143 Å². The summed E-state index contributed by atoms with van der Waals surface area (Å²) in [6.45, 7) is 28.8. The van der Waals surface area contributed by atoms with Crippen molar-refractivity contribution in [3.8, 4) is 0 Å². The molecule has 0 heterocycles. The zero-order valence-electron chi connectivity index (χ0n) is 28.5. The molecule has 42 heavy (non-hydrogen) atoms. The highest BCUT2D eigenvalue weighted by Crippen LogP contribution is 2.24. The van der Waals surface area contributed by atoms with Crippen molar-refractivity contribution in [2.24, 2.45) is 0 Å². The van der Waals surface area contributed by atoms with E-state index in [-0.39, 0.29) is 0 Å². The molecule has 0 amide bonds. The van der Waals surface area contributed by atoms with E-state index in [0.717, 1.165) is 25.7 Å². The maximum absolute atomic E-state index is 3.87. The summed E-state index contributed by atoms with van der Waals surface area (Å²) < 4.78 is 0. The standard InChI is InChI=1S/C19H24.C11H14.C10H14.C2H6/c1-7-15(4)17(6)13-18(12-14(2)3)19-11-9-8-10-16(19)5;1-10(2)8-9-11-6-4-3-5-7-11;1-3-9-6-5-7-10(4-2)8-9;1-2/h7-13H,1H2,2-6H3;3-7H,1,8-9H2,2H3;5-8H,3-4H2,1-2H3;1-2H3/b17-15+,18-13+;;;. The third kappa shape index (κ3) is 16.6. The number of allylic oxidation sites excluding steroid dienone is 8. The first-order chi connectivity index (χ1) is 20.1. The van der Waals surface area contributed by atoms with Gasteiger partial charge >= 0.3 is 0 Å². The Balaban J connectivity index is 0.000000623. The summed E-state index contributed by atoms with van der Waals surface area (Å²) in [5.41, 5.74) is 13.2. The first kappa shape index (κ1) is 38.4. The normalized spacial score (nSPS) is 10.8. The smallest absolute Gasteiger partial charge is 0.0155 e. The third-order valence-electron chi connectivity index (χ3n) is 6.69. The topological polar surface area (TPSA) is 0 Å². The van der Waals surface area contributed by atoms with E-state index in [0.29, 0.717) is 0 Å². The Morgan fingerprint density at radius 3 is 1.67 bits per heavy atom. The average Bonchev–Trinajstić information content (AvgIpc) is 3.01. The summed E-state index contributed by atoms with van der Waals surface area (Å²) in [5.74, 6) is 0. The Morgan fingerprint density at radius 1 is 0.667 bits per heavy atom. The number of rotatable bonds is 9. The van der Waals surface area contributed by atoms with Crippen LogP contribution in [0.5, 0.6) is 0 Å². The molecular weight excluding hydrogens is 504 g/mol. The molecule has 0 N–H and O–H groups in total. The van der Waals surface area contributed by atoms with E-state index in [9.17, 15) is 0 Å². The van der Waals surface area contributed by atoms with Crippen LogP contribution in [0.1, 0.15) is 96.6 Å². The Bertz CT molecular complexity index is 1260. The van der Waals surface area contributed by atoms with Crippen molar-refractivity contribution in [2.45, 2.75) is 94.9 Å². The molecule has 0 aliphatic rings. The highest BCUT2D eigenvalue weighted by Gasteiger charge is 2.03. The van der Waals surface area contributed by atoms with Crippen LogP contribution in [0.25, 0.3) is 5.57 Å². The van der Waals surface area contributed by atoms with Crippen LogP contribution in [0.15, 0.2) is 133 Å². The highest BCUT2D eigenvalue weighted by atomic mass is 14.1. The molecule has 0 fully saturated rings. The predicted molar refractivity (Wildman–Crippen MR) is 193 cm³/mol. The lowest BCUT2D eigenvalue weighted by Gasteiger charge is -2.09. The largest absolute Gasteiger partial charge is 0.100 e. The minimum absolute atomic E-state index is 1.10. The lowest BCUT2D eigenvalue weighted by Crippen LogP contribution is -1.88. The van der Waals surface area contributed by atoms with Gasteiger partial charge in [-0.15, -0.1) is 6.58 Å². The van der Waals surface area contributed by atoms with Gasteiger partial charge in [0.25, 0.3) is 0 Å². The maximum Gasteiger partial charge on any atom is -0.0155 e. The molecule has 3 aromatic carbocycles. The summed E-state index contributed by atoms with van der Waals surface area (Å²) in [4.78, 5) is 0. The zero-order chi connectivity index (χ0) is 31.9. The highest BCUT2D eigenvalue weighted by molar-refractivity contribution is 5.78. The molecule has 0 saturated carbocycles. The summed E-state index contributed by atoms with van der Waals surface area (Å²) in [5, 5.41) is 0. The number of benzene rings is 3. The van der Waals surface area contributed by atoms with Crippen LogP contribution in [0.4, 0.5) is 0 Å². The average molecular weight is 563 g/mol. The van der Waals surface area contributed by atoms with Gasteiger partial charge in [0.05, 0.1) is 0 Å². The van der Waals surface area contributed by atoms with E-state index in [1.165, 1.54) is 55.7 Å². The molecule has 0 spiro atoms. The number of aryl methyl sites for hydroxylation is 4. The van der Waals surface area contributed by atoms with Gasteiger partial charge in [-0.3, -0.25) is 0 Å². The summed E-state index contributed by atoms with van der Waals surface area (Å²) >= 11 is 0. The van der Waals surface area contributed by atoms with Crippen molar-refractivity contribution < 1.29 is 0 Å². The van der Waals surface area contributed by atoms with Crippen LogP contribution in [-0.2, 0) is 19.3 Å². The SMILES string of the molecule is C=C(C)CCc1ccccc1.C=C/C(C)=C(C)/C=C(\C=C(C)C)c1ccccc1C.CC.CCc1cccc(CC)c1. The molecule has 0 saturated heterocycles. The molecule has 0 aliphatic heterocycles. The van der Waals surface area contributed by atoms with E-state index in [2.05, 4.69) is 153 Å². The van der Waals surface area contributed by atoms with E-state index in [1.807, 2.05) is 26.0 Å². The van der Waals surface area contributed by atoms with E-state index in [4.69, 9.17) is 0 Å². The minimum Gasteiger partial charge on any atom is -0.100 e. The maximum atomic E-state index is 3.87. The molecule has 0 atom stereocenters. The van der Waals surface area contributed by atoms with Crippen molar-refractivity contribution in [1.82, 2.24) is 0 Å². The molecule has 0 heteroatoms. The van der Waals surface area contributed by atoms with Crippen LogP contribution in [-0.4, -0.2) is 0 Å². The van der Waals surface area contributed by atoms with Crippen molar-refractivity contribution in [2.75, 3.05) is 0 Å². The summed E-state index contributed by atoms with van der Waals surface area (Å²) in [6.07, 6.45) is 10.9. The predicted octanol–water partition coefficient (Wildman–Crippen LogP) is 12.9. The van der Waals surface area contributed by atoms with E-state index in [1.54, 1.807) is 0 Å². The number of hydrogen-bond donors (Lipinski definition) is 0. The van der Waals surface area contributed by atoms with Gasteiger partial charge in [-0.25, -0.2) is 0 Å². The van der Waals surface area contributed by atoms with Crippen molar-refractivity contribution >= 4 is 5.57 Å². The summed E-state index contributed by atoms with van der Waals surface area (Å²) in [7, 11) is 0. The van der Waals surface area contributed by atoms with Gasteiger partial charge in [0.2, 0.25) is 0 Å². The molecule has 3 rings (SSSR count). The molecule has 0 nitrogen and oxygen atoms in total. The third-order valence-corrected chi connectivity index (χ3v) is 6.69. The molecule has 226 valence electrons. The fraction of sp³-hybridized carbons (Fsp3) is 0.333. The molecule has 0 bridgehead atoms. The van der Waals surface area contributed by atoms with Gasteiger partial charge < -0.3 is 0 Å². The Hall–Kier alpha value is -3.64. The monoisotopic (exact) mass is 562 g/mol. The lowest BCUT2D eigenvalue weighted by molar-refractivity contribution is 0.946. The summed E-state index contributed by atoms with van der Waals surface area (Å²) in [6, 6.07) is 27.8. The second-order valence-corrected chi connectivity index (χ2v) is 10.7. The Morgan fingerprint density at radius 2 is 1.19 bits per heavy atom. The zero-order valence-corrected chi connectivity index (χ0v) is 28.5. The second kappa shape index (κ2) is 23.0. The fourth-order valence-corrected chi connectivity index (χ4v) is 3.98.